The minimum absolute atomic E-state index is 0.105. The van der Waals surface area contributed by atoms with Crippen LogP contribution >= 0.6 is 0 Å². The van der Waals surface area contributed by atoms with Crippen molar-refractivity contribution in [3.63, 3.8) is 0 Å². The zero-order chi connectivity index (χ0) is 13.0. The molecule has 94 valence electrons. The quantitative estimate of drug-likeness (QED) is 0.802. The van der Waals surface area contributed by atoms with Gasteiger partial charge in [0.15, 0.2) is 0 Å². The Hall–Kier alpha value is -2.02. The second-order valence-corrected chi connectivity index (χ2v) is 4.17. The Kier molecular flexibility index (Phi) is 3.83. The predicted molar refractivity (Wildman–Crippen MR) is 65.9 cm³/mol. The van der Waals surface area contributed by atoms with E-state index in [0.717, 1.165) is 5.56 Å². The van der Waals surface area contributed by atoms with E-state index in [1.165, 1.54) is 0 Å². The van der Waals surface area contributed by atoms with E-state index in [4.69, 9.17) is 0 Å². The summed E-state index contributed by atoms with van der Waals surface area (Å²) < 4.78 is 0. The molecule has 18 heavy (non-hydrogen) atoms. The molecule has 7 heteroatoms. The van der Waals surface area contributed by atoms with Gasteiger partial charge in [-0.2, -0.15) is 14.7 Å². The molecule has 2 rings (SSSR count). The summed E-state index contributed by atoms with van der Waals surface area (Å²) in [5.41, 5.74) is 0.837. The van der Waals surface area contributed by atoms with Crippen molar-refractivity contribution in [2.45, 2.75) is 24.2 Å². The van der Waals surface area contributed by atoms with E-state index in [1.807, 2.05) is 30.3 Å². The van der Waals surface area contributed by atoms with Crippen molar-refractivity contribution in [3.05, 3.63) is 50.6 Å². The van der Waals surface area contributed by atoms with Gasteiger partial charge in [-0.15, -0.1) is 0 Å². The third kappa shape index (κ3) is 2.17. The molecule has 0 aliphatic carbocycles. The van der Waals surface area contributed by atoms with Crippen molar-refractivity contribution in [2.24, 2.45) is 15.5 Å². The van der Waals surface area contributed by atoms with Crippen LogP contribution < -0.4 is 5.32 Å². The number of rotatable bonds is 5. The summed E-state index contributed by atoms with van der Waals surface area (Å²) in [7, 11) is 0. The molecule has 0 spiro atoms. The van der Waals surface area contributed by atoms with E-state index >= 15 is 0 Å². The van der Waals surface area contributed by atoms with E-state index in [2.05, 4.69) is 20.8 Å². The molecule has 1 fully saturated rings. The Bertz CT molecular complexity index is 439. The fraction of sp³-hybridized carbons (Fsp3) is 0.455. The average molecular weight is 248 g/mol. The molecule has 1 saturated heterocycles. The summed E-state index contributed by atoms with van der Waals surface area (Å²) in [6.45, 7) is -0.105. The minimum Gasteiger partial charge on any atom is -0.301 e. The Morgan fingerprint density at radius 3 is 2.22 bits per heavy atom. The standard InChI is InChI=1S/C11H12N4O3/c16-12-6-8-10(14-17)11(15-18)9(13-8)7-4-2-1-3-5-7/h1-5,8-11,13H,6H2/t8-,9+,10?,11-/m1/s1. The number of nitrogens with zero attached hydrogens (tertiary/aromatic N) is 3. The Labute approximate surface area is 103 Å². The van der Waals surface area contributed by atoms with Crippen LogP contribution in [0.15, 0.2) is 45.9 Å². The molecule has 7 nitrogen and oxygen atoms in total. The van der Waals surface area contributed by atoms with Crippen molar-refractivity contribution in [1.29, 1.82) is 0 Å². The van der Waals surface area contributed by atoms with Crippen molar-refractivity contribution in [2.75, 3.05) is 6.54 Å². The molecule has 1 aromatic rings. The van der Waals surface area contributed by atoms with Gasteiger partial charge < -0.3 is 5.32 Å². The minimum atomic E-state index is -0.856. The zero-order valence-corrected chi connectivity index (χ0v) is 9.47. The first kappa shape index (κ1) is 12.4. The van der Waals surface area contributed by atoms with Gasteiger partial charge in [0, 0.05) is 0 Å². The second kappa shape index (κ2) is 5.54. The summed E-state index contributed by atoms with van der Waals surface area (Å²) in [6, 6.07) is 6.55. The number of benzene rings is 1. The van der Waals surface area contributed by atoms with Crippen LogP contribution in [0.2, 0.25) is 0 Å². The van der Waals surface area contributed by atoms with Crippen LogP contribution in [0.3, 0.4) is 0 Å². The normalized spacial score (nSPS) is 30.9. The molecule has 1 aliphatic rings. The van der Waals surface area contributed by atoms with Gasteiger partial charge >= 0.3 is 0 Å². The fourth-order valence-electron chi connectivity index (χ4n) is 2.32. The molecule has 4 atom stereocenters. The van der Waals surface area contributed by atoms with Crippen LogP contribution in [0.4, 0.5) is 0 Å². The van der Waals surface area contributed by atoms with Crippen molar-refractivity contribution in [3.8, 4) is 0 Å². The van der Waals surface area contributed by atoms with E-state index in [9.17, 15) is 14.7 Å². The van der Waals surface area contributed by atoms with Gasteiger partial charge in [0.1, 0.15) is 12.1 Å². The highest BCUT2D eigenvalue weighted by Crippen LogP contribution is 2.31. The lowest BCUT2D eigenvalue weighted by Gasteiger charge is -2.14. The van der Waals surface area contributed by atoms with Gasteiger partial charge in [0.2, 0.25) is 0 Å². The monoisotopic (exact) mass is 248 g/mol. The second-order valence-electron chi connectivity index (χ2n) is 4.17. The van der Waals surface area contributed by atoms with E-state index in [1.54, 1.807) is 0 Å². The van der Waals surface area contributed by atoms with Crippen LogP contribution in [0, 0.1) is 14.7 Å². The fourth-order valence-corrected chi connectivity index (χ4v) is 2.32. The van der Waals surface area contributed by atoms with Crippen LogP contribution in [0.25, 0.3) is 0 Å². The molecule has 0 radical (unpaired) electrons. The molecule has 0 bridgehead atoms. The van der Waals surface area contributed by atoms with E-state index in [-0.39, 0.29) is 6.54 Å². The summed E-state index contributed by atoms with van der Waals surface area (Å²) in [4.78, 5) is 32.0. The molecule has 1 unspecified atom stereocenters. The summed E-state index contributed by atoms with van der Waals surface area (Å²) in [6.07, 6.45) is 0. The van der Waals surface area contributed by atoms with Gasteiger partial charge in [-0.05, 0) is 5.56 Å². The third-order valence-corrected chi connectivity index (χ3v) is 3.17. The molecule has 0 saturated carbocycles. The highest BCUT2D eigenvalue weighted by atomic mass is 16.3. The lowest BCUT2D eigenvalue weighted by atomic mass is 9.98. The van der Waals surface area contributed by atoms with Gasteiger partial charge in [-0.3, -0.25) is 0 Å². The van der Waals surface area contributed by atoms with Crippen molar-refractivity contribution >= 4 is 0 Å². The number of hydrogen-bond acceptors (Lipinski definition) is 7. The van der Waals surface area contributed by atoms with Crippen molar-refractivity contribution < 1.29 is 0 Å². The highest BCUT2D eigenvalue weighted by Gasteiger charge is 2.46. The molecule has 0 amide bonds. The van der Waals surface area contributed by atoms with Gasteiger partial charge in [-0.1, -0.05) is 45.9 Å². The number of nitrogens with one attached hydrogen (secondary N) is 1. The molecule has 1 aliphatic heterocycles. The third-order valence-electron chi connectivity index (χ3n) is 3.17. The van der Waals surface area contributed by atoms with Gasteiger partial charge in [-0.25, -0.2) is 0 Å². The number of hydrogen-bond donors (Lipinski definition) is 1. The van der Waals surface area contributed by atoms with E-state index < -0.39 is 24.2 Å². The molecular weight excluding hydrogens is 236 g/mol. The highest BCUT2D eigenvalue weighted by molar-refractivity contribution is 5.25. The topological polar surface area (TPSA) is 100 Å². The Balaban J connectivity index is 2.28. The maximum atomic E-state index is 10.9. The van der Waals surface area contributed by atoms with Crippen LogP contribution in [-0.4, -0.2) is 24.7 Å². The first-order chi connectivity index (χ1) is 8.81. The molecule has 1 N–H and O–H groups in total. The van der Waals surface area contributed by atoms with Crippen LogP contribution in [-0.2, 0) is 0 Å². The number of nitroso groups, excluding NO2 is 3. The first-order valence-electron chi connectivity index (χ1n) is 5.57. The average Bonchev–Trinajstić information content (AvgIpc) is 2.77. The van der Waals surface area contributed by atoms with Gasteiger partial charge in [0.05, 0.1) is 18.6 Å². The largest absolute Gasteiger partial charge is 0.301 e. The van der Waals surface area contributed by atoms with Crippen molar-refractivity contribution in [1.82, 2.24) is 5.32 Å². The lowest BCUT2D eigenvalue weighted by molar-refractivity contribution is 0.527. The van der Waals surface area contributed by atoms with Gasteiger partial charge in [0.25, 0.3) is 0 Å². The van der Waals surface area contributed by atoms with Crippen LogP contribution in [0.5, 0.6) is 0 Å². The predicted octanol–water partition coefficient (Wildman–Crippen LogP) is 1.74. The SMILES string of the molecule is O=NC[C@H]1N[C@@H](c2ccccc2)[C@@H](N=O)C1N=O. The Morgan fingerprint density at radius 2 is 1.67 bits per heavy atom. The Morgan fingerprint density at radius 1 is 1.00 bits per heavy atom. The molecule has 0 aromatic heterocycles. The summed E-state index contributed by atoms with van der Waals surface area (Å²) in [5.74, 6) is 0. The maximum absolute atomic E-state index is 10.9. The molecular formula is C11H12N4O3. The summed E-state index contributed by atoms with van der Waals surface area (Å²) in [5, 5.41) is 11.7. The lowest BCUT2D eigenvalue weighted by Crippen LogP contribution is -2.33. The zero-order valence-electron chi connectivity index (χ0n) is 9.47. The summed E-state index contributed by atoms with van der Waals surface area (Å²) >= 11 is 0. The maximum Gasteiger partial charge on any atom is 0.139 e. The first-order valence-corrected chi connectivity index (χ1v) is 5.57. The van der Waals surface area contributed by atoms with Crippen LogP contribution in [0.1, 0.15) is 11.6 Å². The molecule has 1 aromatic carbocycles. The van der Waals surface area contributed by atoms with E-state index in [0.29, 0.717) is 0 Å². The molecule has 1 heterocycles. The smallest absolute Gasteiger partial charge is 0.139 e.